The van der Waals surface area contributed by atoms with Gasteiger partial charge in [0, 0.05) is 17.3 Å². The molecule has 0 N–H and O–H groups in total. The Labute approximate surface area is 193 Å². The lowest BCUT2D eigenvalue weighted by Crippen LogP contribution is -2.29. The van der Waals surface area contributed by atoms with E-state index >= 15 is 0 Å². The van der Waals surface area contributed by atoms with Crippen LogP contribution in [0.25, 0.3) is 16.7 Å². The van der Waals surface area contributed by atoms with Crippen molar-refractivity contribution in [1.29, 1.82) is 0 Å². The van der Waals surface area contributed by atoms with E-state index in [4.69, 9.17) is 0 Å². The van der Waals surface area contributed by atoms with Crippen LogP contribution in [0.3, 0.4) is 0 Å². The van der Waals surface area contributed by atoms with E-state index in [2.05, 4.69) is 89.9 Å². The number of benzene rings is 4. The second kappa shape index (κ2) is 7.05. The molecule has 33 heavy (non-hydrogen) atoms. The van der Waals surface area contributed by atoms with E-state index in [1.165, 1.54) is 45.0 Å². The molecule has 2 unspecified atom stereocenters. The molecule has 0 saturated heterocycles. The van der Waals surface area contributed by atoms with Crippen molar-refractivity contribution in [1.82, 2.24) is 0 Å². The Balaban J connectivity index is 1.31. The molecule has 4 aromatic rings. The molecule has 1 heterocycles. The summed E-state index contributed by atoms with van der Waals surface area (Å²) < 4.78 is 14.1. The van der Waals surface area contributed by atoms with Gasteiger partial charge < -0.3 is 4.90 Å². The average Bonchev–Trinajstić information content (AvgIpc) is 3.39. The SMILES string of the molecule is Fc1cccc(N2c3ccccc3C3C=C(c4ccc5c(c4)-c4ccccc4C5)C=CC32)c1. The summed E-state index contributed by atoms with van der Waals surface area (Å²) in [5.74, 6) is 0.0212. The van der Waals surface area contributed by atoms with Crippen molar-refractivity contribution < 1.29 is 4.39 Å². The smallest absolute Gasteiger partial charge is 0.125 e. The molecule has 0 saturated carbocycles. The van der Waals surface area contributed by atoms with Gasteiger partial charge in [-0.3, -0.25) is 0 Å². The Morgan fingerprint density at radius 1 is 0.758 bits per heavy atom. The predicted molar refractivity (Wildman–Crippen MR) is 133 cm³/mol. The fourth-order valence-electron chi connectivity index (χ4n) is 5.77. The van der Waals surface area contributed by atoms with E-state index < -0.39 is 0 Å². The fraction of sp³-hybridized carbons (Fsp3) is 0.0968. The van der Waals surface area contributed by atoms with Crippen LogP contribution in [0.1, 0.15) is 28.2 Å². The molecule has 0 fully saturated rings. The second-order valence-corrected chi connectivity index (χ2v) is 9.11. The Bertz CT molecular complexity index is 1480. The minimum absolute atomic E-state index is 0.142. The molecule has 2 atom stereocenters. The summed E-state index contributed by atoms with van der Waals surface area (Å²) >= 11 is 0. The molecule has 0 spiro atoms. The van der Waals surface area contributed by atoms with Crippen molar-refractivity contribution in [3.05, 3.63) is 137 Å². The summed E-state index contributed by atoms with van der Waals surface area (Å²) in [4.78, 5) is 2.27. The van der Waals surface area contributed by atoms with Crippen LogP contribution < -0.4 is 4.90 Å². The molecular weight excluding hydrogens is 405 g/mol. The zero-order chi connectivity index (χ0) is 21.9. The highest BCUT2D eigenvalue weighted by Crippen LogP contribution is 2.49. The summed E-state index contributed by atoms with van der Waals surface area (Å²) in [6.07, 6.45) is 7.93. The van der Waals surface area contributed by atoms with Crippen molar-refractivity contribution in [3.63, 3.8) is 0 Å². The van der Waals surface area contributed by atoms with Crippen LogP contribution in [0.2, 0.25) is 0 Å². The number of nitrogens with zero attached hydrogens (tertiary/aromatic N) is 1. The monoisotopic (exact) mass is 427 g/mol. The second-order valence-electron chi connectivity index (χ2n) is 9.11. The number of fused-ring (bicyclic) bond motifs is 6. The highest BCUT2D eigenvalue weighted by molar-refractivity contribution is 5.86. The number of allylic oxidation sites excluding steroid dienone is 2. The summed E-state index contributed by atoms with van der Waals surface area (Å²) in [5.41, 5.74) is 11.4. The minimum atomic E-state index is -0.206. The number of hydrogen-bond acceptors (Lipinski definition) is 1. The van der Waals surface area contributed by atoms with Crippen molar-refractivity contribution in [2.24, 2.45) is 0 Å². The lowest BCUT2D eigenvalue weighted by molar-refractivity contribution is 0.626. The summed E-state index contributed by atoms with van der Waals surface area (Å²) in [6, 6.07) is 31.2. The van der Waals surface area contributed by atoms with Crippen LogP contribution >= 0.6 is 0 Å². The maximum Gasteiger partial charge on any atom is 0.125 e. The van der Waals surface area contributed by atoms with Gasteiger partial charge in [0.1, 0.15) is 5.82 Å². The van der Waals surface area contributed by atoms with Crippen LogP contribution in [0, 0.1) is 5.82 Å². The molecule has 0 radical (unpaired) electrons. The summed E-state index contributed by atoms with van der Waals surface area (Å²) in [6.45, 7) is 0. The standard InChI is InChI=1S/C31H22FN/c32-24-7-5-8-25(19-24)33-30-11-4-3-10-27(30)29-18-21(14-15-31(29)33)20-12-13-23-16-22-6-1-2-9-26(22)28(23)17-20/h1-15,17-19,29,31H,16H2. The van der Waals surface area contributed by atoms with Crippen molar-refractivity contribution in [2.45, 2.75) is 18.4 Å². The van der Waals surface area contributed by atoms with Crippen molar-refractivity contribution in [2.75, 3.05) is 4.90 Å². The maximum absolute atomic E-state index is 14.1. The number of anilines is 2. The fourth-order valence-corrected chi connectivity index (χ4v) is 5.77. The van der Waals surface area contributed by atoms with Crippen LogP contribution in [0.4, 0.5) is 15.8 Å². The van der Waals surface area contributed by atoms with Gasteiger partial charge >= 0.3 is 0 Å². The number of rotatable bonds is 2. The van der Waals surface area contributed by atoms with Crippen molar-refractivity contribution >= 4 is 16.9 Å². The quantitative estimate of drug-likeness (QED) is 0.280. The minimum Gasteiger partial charge on any atom is -0.333 e. The third kappa shape index (κ3) is 2.84. The van der Waals surface area contributed by atoms with Crippen LogP contribution in [0.15, 0.2) is 109 Å². The molecule has 3 aliphatic rings. The first-order chi connectivity index (χ1) is 16.3. The summed E-state index contributed by atoms with van der Waals surface area (Å²) in [7, 11) is 0. The predicted octanol–water partition coefficient (Wildman–Crippen LogP) is 7.65. The molecule has 0 aromatic heterocycles. The van der Waals surface area contributed by atoms with Gasteiger partial charge in [-0.05, 0) is 75.7 Å². The molecule has 2 heteroatoms. The van der Waals surface area contributed by atoms with Gasteiger partial charge in [0.2, 0.25) is 0 Å². The van der Waals surface area contributed by atoms with Gasteiger partial charge in [0.05, 0.1) is 6.04 Å². The highest BCUT2D eigenvalue weighted by Gasteiger charge is 2.38. The largest absolute Gasteiger partial charge is 0.333 e. The Morgan fingerprint density at radius 2 is 1.61 bits per heavy atom. The maximum atomic E-state index is 14.1. The van der Waals surface area contributed by atoms with Gasteiger partial charge in [-0.2, -0.15) is 0 Å². The molecule has 7 rings (SSSR count). The Hall–Kier alpha value is -3.91. The summed E-state index contributed by atoms with van der Waals surface area (Å²) in [5, 5.41) is 0. The third-order valence-electron chi connectivity index (χ3n) is 7.27. The van der Waals surface area contributed by atoms with Gasteiger partial charge in [-0.25, -0.2) is 4.39 Å². The molecule has 1 aliphatic heterocycles. The molecule has 0 bridgehead atoms. The van der Waals surface area contributed by atoms with Crippen LogP contribution in [-0.4, -0.2) is 6.04 Å². The molecule has 2 aliphatic carbocycles. The average molecular weight is 428 g/mol. The first-order valence-electron chi connectivity index (χ1n) is 11.5. The highest BCUT2D eigenvalue weighted by atomic mass is 19.1. The Morgan fingerprint density at radius 3 is 2.55 bits per heavy atom. The molecule has 0 amide bonds. The molecular formula is C31H22FN. The first kappa shape index (κ1) is 18.6. The normalized spacial score (nSPS) is 19.5. The van der Waals surface area contributed by atoms with E-state index in [0.29, 0.717) is 0 Å². The number of hydrogen-bond donors (Lipinski definition) is 0. The lowest BCUT2D eigenvalue weighted by Gasteiger charge is -2.29. The van der Waals surface area contributed by atoms with E-state index in [9.17, 15) is 4.39 Å². The van der Waals surface area contributed by atoms with Crippen LogP contribution in [-0.2, 0) is 6.42 Å². The lowest BCUT2D eigenvalue weighted by atomic mass is 9.85. The van der Waals surface area contributed by atoms with E-state index in [1.807, 2.05) is 6.07 Å². The zero-order valence-corrected chi connectivity index (χ0v) is 18.1. The van der Waals surface area contributed by atoms with Gasteiger partial charge in [-0.15, -0.1) is 0 Å². The first-order valence-corrected chi connectivity index (χ1v) is 11.5. The Kier molecular flexibility index (Phi) is 3.98. The van der Waals surface area contributed by atoms with Gasteiger partial charge in [0.25, 0.3) is 0 Å². The van der Waals surface area contributed by atoms with E-state index in [0.717, 1.165) is 17.8 Å². The topological polar surface area (TPSA) is 3.24 Å². The van der Waals surface area contributed by atoms with E-state index in [-0.39, 0.29) is 17.8 Å². The zero-order valence-electron chi connectivity index (χ0n) is 18.1. The van der Waals surface area contributed by atoms with Crippen molar-refractivity contribution in [3.8, 4) is 11.1 Å². The van der Waals surface area contributed by atoms with Crippen LogP contribution in [0.5, 0.6) is 0 Å². The molecule has 158 valence electrons. The molecule has 4 aromatic carbocycles. The number of para-hydroxylation sites is 1. The third-order valence-corrected chi connectivity index (χ3v) is 7.27. The van der Waals surface area contributed by atoms with Gasteiger partial charge in [-0.1, -0.05) is 78.9 Å². The molecule has 1 nitrogen and oxygen atoms in total. The van der Waals surface area contributed by atoms with E-state index in [1.54, 1.807) is 12.1 Å². The number of halogens is 1. The van der Waals surface area contributed by atoms with Gasteiger partial charge in [0.15, 0.2) is 0 Å².